The van der Waals surface area contributed by atoms with E-state index in [4.69, 9.17) is 0 Å². The Morgan fingerprint density at radius 3 is 1.03 bits per heavy atom. The number of H-pyrrole nitrogens is 2. The highest BCUT2D eigenvalue weighted by Gasteiger charge is 2.23. The minimum Gasteiger partial charge on any atom is -0.310 e. The van der Waals surface area contributed by atoms with E-state index >= 15 is 0 Å². The lowest BCUT2D eigenvalue weighted by atomic mass is 9.94. The first-order valence-corrected chi connectivity index (χ1v) is 24.1. The van der Waals surface area contributed by atoms with Crippen LogP contribution in [0.1, 0.15) is 178 Å². The third-order valence-corrected chi connectivity index (χ3v) is 7.91. The number of carbonyl (C=O) groups is 2. The second-order valence-corrected chi connectivity index (χ2v) is 11.3. The minimum atomic E-state index is -0.241. The molecular formula is C55H92N8O2. The van der Waals surface area contributed by atoms with Crippen molar-refractivity contribution in [1.82, 2.24) is 30.4 Å². The van der Waals surface area contributed by atoms with E-state index in [2.05, 4.69) is 65.3 Å². The molecule has 0 unspecified atom stereocenters. The smallest absolute Gasteiger partial charge is 0.233 e. The van der Waals surface area contributed by atoms with Gasteiger partial charge in [-0.05, 0) is 73.9 Å². The fourth-order valence-corrected chi connectivity index (χ4v) is 5.41. The van der Waals surface area contributed by atoms with Crippen LogP contribution in [-0.2, 0) is 22.4 Å². The number of pyridine rings is 2. The minimum absolute atomic E-state index is 0. The third-order valence-electron chi connectivity index (χ3n) is 7.91. The van der Waals surface area contributed by atoms with Crippen molar-refractivity contribution in [2.75, 3.05) is 10.6 Å². The van der Waals surface area contributed by atoms with Crippen molar-refractivity contribution in [3.05, 3.63) is 156 Å². The van der Waals surface area contributed by atoms with Gasteiger partial charge in [0.15, 0.2) is 0 Å². The van der Waals surface area contributed by atoms with Crippen molar-refractivity contribution in [3.63, 3.8) is 0 Å². The van der Waals surface area contributed by atoms with Crippen molar-refractivity contribution < 1.29 is 9.59 Å². The molecule has 0 radical (unpaired) electrons. The zero-order valence-corrected chi connectivity index (χ0v) is 42.7. The summed E-state index contributed by atoms with van der Waals surface area (Å²) in [5, 5.41) is 19.3. The normalized spacial score (nSPS) is 9.48. The van der Waals surface area contributed by atoms with Crippen LogP contribution in [0.15, 0.2) is 134 Å². The summed E-state index contributed by atoms with van der Waals surface area (Å²) in [5.74, 6) is 0.549. The number of nitrogens with zero attached hydrogens (tertiary/aromatic N) is 4. The molecule has 2 aromatic carbocycles. The molecule has 65 heavy (non-hydrogen) atoms. The molecule has 0 fully saturated rings. The van der Waals surface area contributed by atoms with Crippen LogP contribution in [0.2, 0.25) is 0 Å². The number of rotatable bonds is 14. The van der Waals surface area contributed by atoms with Gasteiger partial charge in [0, 0.05) is 35.9 Å². The average molecular weight is 897 g/mol. The maximum Gasteiger partial charge on any atom is 0.233 e. The summed E-state index contributed by atoms with van der Waals surface area (Å²) in [6.45, 7) is 32.0. The fraction of sp³-hybridized carbons (Fsp3) is 0.455. The molecule has 10 nitrogen and oxygen atoms in total. The first kappa shape index (κ1) is 68.2. The number of hydrogen-bond donors (Lipinski definition) is 4. The van der Waals surface area contributed by atoms with E-state index in [-0.39, 0.29) is 31.1 Å². The zero-order chi connectivity index (χ0) is 49.2. The first-order chi connectivity index (χ1) is 31.7. The van der Waals surface area contributed by atoms with E-state index < -0.39 is 0 Å². The van der Waals surface area contributed by atoms with Gasteiger partial charge in [0.2, 0.25) is 11.8 Å². The number of anilines is 2. The quantitative estimate of drug-likeness (QED) is 0.0858. The molecule has 10 heteroatoms. The highest BCUT2D eigenvalue weighted by Crippen LogP contribution is 2.25. The molecule has 4 N–H and O–H groups in total. The Labute approximate surface area is 397 Å². The second-order valence-electron chi connectivity index (χ2n) is 11.3. The highest BCUT2D eigenvalue weighted by molar-refractivity contribution is 5.95. The van der Waals surface area contributed by atoms with Gasteiger partial charge < -0.3 is 10.6 Å². The van der Waals surface area contributed by atoms with Crippen LogP contribution < -0.4 is 10.6 Å². The Bertz CT molecular complexity index is 1620. The number of nitrogens with one attached hydrogen (secondary N) is 4. The summed E-state index contributed by atoms with van der Waals surface area (Å²) in [6.07, 6.45) is 15.6. The molecule has 4 heterocycles. The molecule has 364 valence electrons. The standard InChI is InChI=1S/2C19H20N4O.8C2H6.CH4/c2*24-19(23-18-11-4-5-12-20-18)17(16-13-21-22-14-16)10-6-9-15-7-2-1-3-8-15;8*1-2;/h2*1-5,7-8,11-14,17H,6,9-10H2,(H,21,22)(H,20,23,24);8*1-2H3;1H4/t2*17-;;;;;;;;;/m10........./s1. The van der Waals surface area contributed by atoms with Gasteiger partial charge in [-0.15, -0.1) is 0 Å². The van der Waals surface area contributed by atoms with Gasteiger partial charge in [0.25, 0.3) is 0 Å². The van der Waals surface area contributed by atoms with Crippen LogP contribution in [0, 0.1) is 0 Å². The van der Waals surface area contributed by atoms with E-state index in [1.54, 1.807) is 49.3 Å². The molecule has 0 aliphatic heterocycles. The van der Waals surface area contributed by atoms with Crippen molar-refractivity contribution in [1.29, 1.82) is 0 Å². The van der Waals surface area contributed by atoms with Gasteiger partial charge in [-0.3, -0.25) is 19.8 Å². The van der Waals surface area contributed by atoms with E-state index in [0.29, 0.717) is 11.6 Å². The van der Waals surface area contributed by atoms with Gasteiger partial charge in [-0.1, -0.05) is 191 Å². The number of aromatic nitrogens is 6. The number of benzene rings is 2. The number of aryl methyl sites for hydroxylation is 2. The summed E-state index contributed by atoms with van der Waals surface area (Å²) in [5.41, 5.74) is 4.37. The highest BCUT2D eigenvalue weighted by atomic mass is 16.2. The molecule has 6 rings (SSSR count). The Morgan fingerprint density at radius 1 is 0.462 bits per heavy atom. The number of aromatic amines is 2. The Hall–Kier alpha value is -5.90. The molecular weight excluding hydrogens is 805 g/mol. The lowest BCUT2D eigenvalue weighted by molar-refractivity contribution is -0.118. The number of amides is 2. The topological polar surface area (TPSA) is 141 Å². The molecule has 0 bridgehead atoms. The third kappa shape index (κ3) is 31.6. The molecule has 0 saturated carbocycles. The molecule has 6 aromatic rings. The molecule has 2 amide bonds. The molecule has 0 aliphatic carbocycles. The van der Waals surface area contributed by atoms with Gasteiger partial charge in [-0.25, -0.2) is 9.97 Å². The predicted molar refractivity (Wildman–Crippen MR) is 285 cm³/mol. The molecule has 0 aliphatic rings. The molecule has 0 spiro atoms. The van der Waals surface area contributed by atoms with Gasteiger partial charge in [0.1, 0.15) is 11.6 Å². The van der Waals surface area contributed by atoms with Gasteiger partial charge in [0.05, 0.1) is 24.2 Å². The van der Waals surface area contributed by atoms with Crippen LogP contribution in [0.25, 0.3) is 0 Å². The maximum absolute atomic E-state index is 12.7. The second kappa shape index (κ2) is 52.4. The van der Waals surface area contributed by atoms with E-state index in [1.807, 2.05) is 171 Å². The van der Waals surface area contributed by atoms with Crippen LogP contribution in [0.4, 0.5) is 11.6 Å². The van der Waals surface area contributed by atoms with Gasteiger partial charge in [-0.2, -0.15) is 10.2 Å². The SMILES string of the molecule is C.CC.CC.CC.CC.CC.CC.CC.CC.O=C(Nc1ccccn1)[C@@H](CCCc1ccccc1)c1cn[nH]c1.O=C(Nc1ccccn1)[C@H](CCCc1ccccc1)c1cn[nH]c1. The largest absolute Gasteiger partial charge is 0.310 e. The van der Waals surface area contributed by atoms with Crippen molar-refractivity contribution >= 4 is 23.5 Å². The van der Waals surface area contributed by atoms with Crippen LogP contribution >= 0.6 is 0 Å². The number of carbonyl (C=O) groups excluding carboxylic acids is 2. The van der Waals surface area contributed by atoms with Crippen molar-refractivity contribution in [2.45, 2.75) is 169 Å². The Kier molecular flexibility index (Phi) is 55.0. The fourth-order valence-electron chi connectivity index (χ4n) is 5.41. The van der Waals surface area contributed by atoms with Gasteiger partial charge >= 0.3 is 0 Å². The summed E-state index contributed by atoms with van der Waals surface area (Å²) in [7, 11) is 0. The number of hydrogen-bond acceptors (Lipinski definition) is 6. The summed E-state index contributed by atoms with van der Waals surface area (Å²) >= 11 is 0. The summed E-state index contributed by atoms with van der Waals surface area (Å²) in [4.78, 5) is 33.6. The summed E-state index contributed by atoms with van der Waals surface area (Å²) < 4.78 is 0. The van der Waals surface area contributed by atoms with E-state index in [9.17, 15) is 9.59 Å². The van der Waals surface area contributed by atoms with Crippen molar-refractivity contribution in [2.24, 2.45) is 0 Å². The van der Waals surface area contributed by atoms with Crippen LogP contribution in [-0.4, -0.2) is 42.2 Å². The zero-order valence-electron chi connectivity index (χ0n) is 42.7. The first-order valence-electron chi connectivity index (χ1n) is 24.1. The average Bonchev–Trinajstić information content (AvgIpc) is 4.15. The van der Waals surface area contributed by atoms with Crippen LogP contribution in [0.3, 0.4) is 0 Å². The lowest BCUT2D eigenvalue weighted by Gasteiger charge is -2.15. The molecule has 4 aromatic heterocycles. The summed E-state index contributed by atoms with van der Waals surface area (Å²) in [6, 6.07) is 31.5. The molecule has 2 atom stereocenters. The van der Waals surface area contributed by atoms with E-state index in [0.717, 1.165) is 49.7 Å². The van der Waals surface area contributed by atoms with Crippen molar-refractivity contribution in [3.8, 4) is 0 Å². The Morgan fingerprint density at radius 2 is 0.769 bits per heavy atom. The molecule has 0 saturated heterocycles. The predicted octanol–water partition coefficient (Wildman–Crippen LogP) is 15.9. The monoisotopic (exact) mass is 897 g/mol. The van der Waals surface area contributed by atoms with E-state index in [1.165, 1.54) is 11.1 Å². The Balaban J connectivity index is -0.000000279. The lowest BCUT2D eigenvalue weighted by Crippen LogP contribution is -2.21. The maximum atomic E-state index is 12.7. The van der Waals surface area contributed by atoms with Crippen LogP contribution in [0.5, 0.6) is 0 Å².